The Balaban J connectivity index is 5.46. The second-order valence-electron chi connectivity index (χ2n) is 17.0. The monoisotopic (exact) mass is 873 g/mol. The zero-order chi connectivity index (χ0) is 41.9. The van der Waals surface area contributed by atoms with E-state index in [1.165, 1.54) is 180 Å². The van der Waals surface area contributed by atoms with E-state index >= 15 is 0 Å². The van der Waals surface area contributed by atoms with Crippen LogP contribution in [0.15, 0.2) is 0 Å². The fourth-order valence-corrected chi connectivity index (χ4v) is 7.90. The molecule has 57 heavy (non-hydrogen) atoms. The maximum atomic E-state index is 6.39. The first-order valence-corrected chi connectivity index (χ1v) is 26.1. The van der Waals surface area contributed by atoms with Crippen LogP contribution in [0.2, 0.25) is 0 Å². The van der Waals surface area contributed by atoms with Crippen molar-refractivity contribution in [2.24, 2.45) is 5.41 Å². The van der Waals surface area contributed by atoms with Gasteiger partial charge in [0.05, 0.1) is 0 Å². The van der Waals surface area contributed by atoms with Crippen LogP contribution in [0.4, 0.5) is 0 Å². The molecule has 0 rings (SSSR count). The third-order valence-electron chi connectivity index (χ3n) is 11.1. The first-order valence-electron chi connectivity index (χ1n) is 24.4. The van der Waals surface area contributed by atoms with E-state index in [-0.39, 0.29) is 0 Å². The average Bonchev–Trinajstić information content (AvgIpc) is 3.21. The molecule has 0 atom stereocenters. The Morgan fingerprint density at radius 3 is 0.596 bits per heavy atom. The van der Waals surface area contributed by atoms with E-state index in [1.54, 1.807) is 0 Å². The van der Waals surface area contributed by atoms with E-state index in [1.807, 2.05) is 0 Å². The molecule has 0 aliphatic heterocycles. The van der Waals surface area contributed by atoms with Gasteiger partial charge in [-0.3, -0.25) is 0 Å². The lowest BCUT2D eigenvalue weighted by Crippen LogP contribution is -2.43. The molecule has 0 saturated heterocycles. The summed E-state index contributed by atoms with van der Waals surface area (Å²) < 4.78 is 25.5. The van der Waals surface area contributed by atoms with Crippen LogP contribution in [-0.2, 0) is 18.9 Å². The van der Waals surface area contributed by atoms with Gasteiger partial charge >= 0.3 is 0 Å². The van der Waals surface area contributed by atoms with Gasteiger partial charge in [0.25, 0.3) is 0 Å². The Bertz CT molecular complexity index is 793. The van der Waals surface area contributed by atoms with Crippen molar-refractivity contribution in [3.8, 4) is 0 Å². The van der Waals surface area contributed by atoms with Crippen LogP contribution in [0.5, 0.6) is 0 Å². The van der Waals surface area contributed by atoms with Crippen LogP contribution in [0, 0.1) is 5.41 Å². The highest BCUT2D eigenvalue weighted by atomic mass is 32.1. The largest absolute Gasteiger partial charge is 0.486 e. The molecule has 0 spiro atoms. The van der Waals surface area contributed by atoms with Crippen molar-refractivity contribution in [3.63, 3.8) is 0 Å². The molecule has 0 radical (unpaired) electrons. The predicted molar refractivity (Wildman–Crippen MR) is 266 cm³/mol. The van der Waals surface area contributed by atoms with Crippen molar-refractivity contribution in [1.29, 1.82) is 0 Å². The van der Waals surface area contributed by atoms with Gasteiger partial charge in [0, 0.05) is 25.7 Å². The smallest absolute Gasteiger partial charge is 0.159 e. The lowest BCUT2D eigenvalue weighted by molar-refractivity contribution is -0.0163. The Hall–Kier alpha value is -0.440. The van der Waals surface area contributed by atoms with Gasteiger partial charge in [-0.15, -0.1) is 0 Å². The van der Waals surface area contributed by atoms with Crippen LogP contribution in [0.1, 0.15) is 259 Å². The van der Waals surface area contributed by atoms with Crippen molar-refractivity contribution < 1.29 is 18.9 Å². The highest BCUT2D eigenvalue weighted by molar-refractivity contribution is 7.80. The molecule has 0 aromatic rings. The lowest BCUT2D eigenvalue weighted by atomic mass is 9.92. The topological polar surface area (TPSA) is 36.9 Å². The quantitative estimate of drug-likeness (QED) is 0.0443. The molecule has 0 amide bonds. The van der Waals surface area contributed by atoms with Crippen LogP contribution in [0.25, 0.3) is 0 Å². The Morgan fingerprint density at radius 1 is 0.263 bits per heavy atom. The van der Waals surface area contributed by atoms with E-state index < -0.39 is 5.41 Å². The number of hydrogen-bond donors (Lipinski definition) is 0. The van der Waals surface area contributed by atoms with Gasteiger partial charge in [-0.05, 0) is 74.6 Å². The fraction of sp³-hybridized carbons (Fsp3) is 0.918. The van der Waals surface area contributed by atoms with Gasteiger partial charge in [0.15, 0.2) is 20.2 Å². The predicted octanol–water partition coefficient (Wildman–Crippen LogP) is 17.5. The highest BCUT2D eigenvalue weighted by Gasteiger charge is 2.36. The summed E-state index contributed by atoms with van der Waals surface area (Å²) >= 11 is 23.2. The Labute approximate surface area is 376 Å². The number of thiocarbonyl (C=S) groups is 4. The van der Waals surface area contributed by atoms with Gasteiger partial charge in [0.2, 0.25) is 0 Å². The van der Waals surface area contributed by atoms with Crippen LogP contribution in [0.3, 0.4) is 0 Å². The minimum Gasteiger partial charge on any atom is -0.486 e. The summed E-state index contributed by atoms with van der Waals surface area (Å²) in [6, 6.07) is 0. The van der Waals surface area contributed by atoms with Crippen LogP contribution >= 0.6 is 48.9 Å². The molecule has 0 fully saturated rings. The van der Waals surface area contributed by atoms with Crippen LogP contribution in [-0.4, -0.2) is 46.6 Å². The minimum absolute atomic E-state index is 0.323. The summed E-state index contributed by atoms with van der Waals surface area (Å²) in [5, 5.41) is 2.59. The SMILES string of the molecule is CCCCCCCCCCC(=S)OCC(COC(=S)CCCCCCCCCC)(COC(=S)CCCCCCCCCC)COC(=S)CCCCCCCCCC. The summed E-state index contributed by atoms with van der Waals surface area (Å²) in [5.41, 5.74) is -0.653. The van der Waals surface area contributed by atoms with E-state index in [0.717, 1.165) is 51.4 Å². The Kier molecular flexibility index (Phi) is 43.3. The van der Waals surface area contributed by atoms with Gasteiger partial charge < -0.3 is 18.9 Å². The van der Waals surface area contributed by atoms with E-state index in [0.29, 0.717) is 46.6 Å². The number of rotatable bonds is 44. The summed E-state index contributed by atoms with van der Waals surface area (Å²) in [6.45, 7) is 10.4. The van der Waals surface area contributed by atoms with E-state index in [9.17, 15) is 0 Å². The van der Waals surface area contributed by atoms with Crippen molar-refractivity contribution in [3.05, 3.63) is 0 Å². The second-order valence-corrected chi connectivity index (χ2v) is 18.9. The highest BCUT2D eigenvalue weighted by Crippen LogP contribution is 2.25. The third-order valence-corrected chi connectivity index (χ3v) is 12.4. The molecule has 0 aliphatic carbocycles. The molecule has 4 nitrogen and oxygen atoms in total. The number of unbranched alkanes of at least 4 members (excludes halogenated alkanes) is 28. The summed E-state index contributed by atoms with van der Waals surface area (Å²) in [4.78, 5) is 0. The van der Waals surface area contributed by atoms with Crippen molar-refractivity contribution in [2.45, 2.75) is 259 Å². The second kappa shape index (κ2) is 43.6. The molecule has 0 N–H and O–H groups in total. The molecule has 0 aromatic heterocycles. The zero-order valence-corrected chi connectivity index (χ0v) is 41.3. The van der Waals surface area contributed by atoms with Gasteiger partial charge in [0.1, 0.15) is 31.8 Å². The molecule has 0 aliphatic rings. The summed E-state index contributed by atoms with van der Waals surface area (Å²) in [5.74, 6) is 0. The molecule has 8 heteroatoms. The maximum Gasteiger partial charge on any atom is 0.159 e. The summed E-state index contributed by atoms with van der Waals surface area (Å²) in [6.07, 6.45) is 43.6. The number of hydrogen-bond acceptors (Lipinski definition) is 8. The molecule has 0 unspecified atom stereocenters. The van der Waals surface area contributed by atoms with Crippen molar-refractivity contribution in [2.75, 3.05) is 26.4 Å². The molecule has 0 saturated carbocycles. The van der Waals surface area contributed by atoms with Gasteiger partial charge in [-0.1, -0.05) is 207 Å². The standard InChI is InChI=1S/C49H92O4S4/c1-5-9-13-17-21-25-29-33-37-45(54)50-41-49(42-51-46(55)38-34-30-26-22-18-14-10-6-2,43-52-47(56)39-35-31-27-23-19-15-11-7-3)44-53-48(57)40-36-32-28-24-20-16-12-8-4/h5-44H2,1-4H3. The molecular formula is C49H92O4S4. The fourth-order valence-electron chi connectivity index (χ4n) is 7.09. The van der Waals surface area contributed by atoms with E-state index in [4.69, 9.17) is 67.8 Å². The third kappa shape index (κ3) is 39.5. The minimum atomic E-state index is -0.653. The first-order chi connectivity index (χ1) is 27.8. The number of ether oxygens (including phenoxy) is 4. The molecule has 0 aromatic carbocycles. The molecule has 0 bridgehead atoms. The van der Waals surface area contributed by atoms with Gasteiger partial charge in [-0.25, -0.2) is 0 Å². The average molecular weight is 874 g/mol. The molecular weight excluding hydrogens is 781 g/mol. The zero-order valence-electron chi connectivity index (χ0n) is 38.1. The first kappa shape index (κ1) is 56.6. The normalized spacial score (nSPS) is 11.4. The van der Waals surface area contributed by atoms with E-state index in [2.05, 4.69) is 27.7 Å². The Morgan fingerprint density at radius 2 is 0.421 bits per heavy atom. The van der Waals surface area contributed by atoms with Crippen LogP contribution < -0.4 is 0 Å². The van der Waals surface area contributed by atoms with Gasteiger partial charge in [-0.2, -0.15) is 0 Å². The summed E-state index contributed by atoms with van der Waals surface area (Å²) in [7, 11) is 0. The molecule has 0 heterocycles. The maximum absolute atomic E-state index is 6.39. The molecule has 336 valence electrons. The van der Waals surface area contributed by atoms with Crippen molar-refractivity contribution >= 4 is 69.1 Å². The lowest BCUT2D eigenvalue weighted by Gasteiger charge is -2.33. The van der Waals surface area contributed by atoms with Crippen molar-refractivity contribution in [1.82, 2.24) is 0 Å².